The van der Waals surface area contributed by atoms with E-state index in [2.05, 4.69) is 34.3 Å². The second kappa shape index (κ2) is 8.73. The fourth-order valence-corrected chi connectivity index (χ4v) is 4.12. The first-order chi connectivity index (χ1) is 14.5. The molecule has 2 aromatic heterocycles. The highest BCUT2D eigenvalue weighted by atomic mass is 16.2. The molecule has 1 atom stereocenters. The number of likely N-dealkylation sites (tertiary alicyclic amines) is 1. The summed E-state index contributed by atoms with van der Waals surface area (Å²) in [5, 5.41) is 11.2. The number of aromatic nitrogens is 3. The molecule has 30 heavy (non-hydrogen) atoms. The summed E-state index contributed by atoms with van der Waals surface area (Å²) in [5.41, 5.74) is 2.99. The van der Waals surface area contributed by atoms with Gasteiger partial charge in [-0.1, -0.05) is 32.0 Å². The predicted octanol–water partition coefficient (Wildman–Crippen LogP) is 3.37. The number of hydrogen-bond donors (Lipinski definition) is 3. The molecule has 1 aliphatic heterocycles. The van der Waals surface area contributed by atoms with Gasteiger partial charge in [-0.25, -0.2) is 0 Å². The molecule has 1 aliphatic rings. The lowest BCUT2D eigenvalue weighted by Gasteiger charge is -2.32. The zero-order chi connectivity index (χ0) is 21.1. The molecule has 3 N–H and O–H groups in total. The van der Waals surface area contributed by atoms with Gasteiger partial charge in [-0.3, -0.25) is 14.7 Å². The minimum absolute atomic E-state index is 0.0344. The third-order valence-electron chi connectivity index (χ3n) is 5.61. The number of piperidine rings is 1. The molecule has 1 fully saturated rings. The smallest absolute Gasteiger partial charge is 0.274 e. The van der Waals surface area contributed by atoms with Crippen molar-refractivity contribution in [2.24, 2.45) is 11.8 Å². The van der Waals surface area contributed by atoms with Gasteiger partial charge in [0.25, 0.3) is 11.8 Å². The average molecular weight is 408 g/mol. The van der Waals surface area contributed by atoms with Crippen LogP contribution in [-0.4, -0.2) is 51.5 Å². The van der Waals surface area contributed by atoms with Crippen LogP contribution in [-0.2, 0) is 6.42 Å². The van der Waals surface area contributed by atoms with Gasteiger partial charge in [0.15, 0.2) is 0 Å². The van der Waals surface area contributed by atoms with Crippen molar-refractivity contribution in [3.8, 4) is 0 Å². The Morgan fingerprint density at radius 2 is 2.10 bits per heavy atom. The lowest BCUT2D eigenvalue weighted by atomic mass is 9.97. The summed E-state index contributed by atoms with van der Waals surface area (Å²) < 4.78 is 0. The van der Waals surface area contributed by atoms with Crippen molar-refractivity contribution in [3.05, 3.63) is 53.5 Å². The van der Waals surface area contributed by atoms with Crippen LogP contribution in [0.25, 0.3) is 10.9 Å². The Labute approximate surface area is 176 Å². The van der Waals surface area contributed by atoms with E-state index in [0.29, 0.717) is 30.4 Å². The van der Waals surface area contributed by atoms with Gasteiger partial charge in [0.05, 0.1) is 0 Å². The van der Waals surface area contributed by atoms with E-state index in [-0.39, 0.29) is 17.7 Å². The van der Waals surface area contributed by atoms with Crippen LogP contribution in [0.15, 0.2) is 36.4 Å². The van der Waals surface area contributed by atoms with E-state index >= 15 is 0 Å². The van der Waals surface area contributed by atoms with Gasteiger partial charge in [0, 0.05) is 36.2 Å². The molecule has 0 bridgehead atoms. The quantitative estimate of drug-likeness (QED) is 0.585. The van der Waals surface area contributed by atoms with Crippen LogP contribution in [0.2, 0.25) is 0 Å². The van der Waals surface area contributed by atoms with Crippen molar-refractivity contribution in [2.75, 3.05) is 19.6 Å². The number of carbonyl (C=O) groups excluding carboxylic acids is 2. The zero-order valence-electron chi connectivity index (χ0n) is 17.6. The number of amides is 2. The van der Waals surface area contributed by atoms with Gasteiger partial charge in [0.1, 0.15) is 11.4 Å². The molecule has 3 aromatic rings. The number of aromatic amines is 2. The maximum atomic E-state index is 12.9. The van der Waals surface area contributed by atoms with Crippen LogP contribution in [0.4, 0.5) is 0 Å². The highest BCUT2D eigenvalue weighted by Gasteiger charge is 2.26. The van der Waals surface area contributed by atoms with E-state index in [9.17, 15) is 9.59 Å². The molecule has 1 unspecified atom stereocenters. The lowest BCUT2D eigenvalue weighted by molar-refractivity contribution is 0.0665. The standard InChI is InChI=1S/C23H29N5O2/c1-15(2)10-18-12-21(27-26-18)23(30)28-9-5-6-16(14-28)13-24-22(29)20-11-17-7-3-4-8-19(17)25-20/h3-4,7-8,11-12,15-16,25H,5-6,9-10,13-14H2,1-2H3,(H,24,29)(H,26,27). The molecule has 4 rings (SSSR count). The highest BCUT2D eigenvalue weighted by Crippen LogP contribution is 2.19. The first-order valence-electron chi connectivity index (χ1n) is 10.7. The number of nitrogens with zero attached hydrogens (tertiary/aromatic N) is 2. The maximum absolute atomic E-state index is 12.9. The summed E-state index contributed by atoms with van der Waals surface area (Å²) >= 11 is 0. The van der Waals surface area contributed by atoms with Crippen molar-refractivity contribution in [3.63, 3.8) is 0 Å². The third kappa shape index (κ3) is 4.56. The van der Waals surface area contributed by atoms with Crippen LogP contribution in [0.5, 0.6) is 0 Å². The number of rotatable bonds is 6. The zero-order valence-corrected chi connectivity index (χ0v) is 17.6. The number of para-hydroxylation sites is 1. The van der Waals surface area contributed by atoms with Gasteiger partial charge in [-0.2, -0.15) is 5.10 Å². The van der Waals surface area contributed by atoms with Crippen molar-refractivity contribution in [2.45, 2.75) is 33.1 Å². The second-order valence-electron chi connectivity index (χ2n) is 8.62. The third-order valence-corrected chi connectivity index (χ3v) is 5.61. The van der Waals surface area contributed by atoms with Gasteiger partial charge >= 0.3 is 0 Å². The predicted molar refractivity (Wildman–Crippen MR) is 116 cm³/mol. The van der Waals surface area contributed by atoms with Crippen molar-refractivity contribution < 1.29 is 9.59 Å². The monoisotopic (exact) mass is 407 g/mol. The molecule has 0 aliphatic carbocycles. The van der Waals surface area contributed by atoms with E-state index in [0.717, 1.165) is 42.4 Å². The molecule has 1 saturated heterocycles. The molecule has 7 heteroatoms. The van der Waals surface area contributed by atoms with Crippen LogP contribution in [0, 0.1) is 11.8 Å². The van der Waals surface area contributed by atoms with Gasteiger partial charge in [-0.15, -0.1) is 0 Å². The van der Waals surface area contributed by atoms with Crippen LogP contribution < -0.4 is 5.32 Å². The Kier molecular flexibility index (Phi) is 5.88. The minimum Gasteiger partial charge on any atom is -0.351 e. The first kappa shape index (κ1) is 20.2. The highest BCUT2D eigenvalue weighted by molar-refractivity contribution is 5.98. The molecule has 0 radical (unpaired) electrons. The summed E-state index contributed by atoms with van der Waals surface area (Å²) in [7, 11) is 0. The van der Waals surface area contributed by atoms with Crippen molar-refractivity contribution in [1.82, 2.24) is 25.4 Å². The molecule has 158 valence electrons. The molecule has 7 nitrogen and oxygen atoms in total. The molecule has 2 amide bonds. The Morgan fingerprint density at radius 3 is 2.90 bits per heavy atom. The largest absolute Gasteiger partial charge is 0.351 e. The SMILES string of the molecule is CC(C)Cc1cc(C(=O)N2CCCC(CNC(=O)c3cc4ccccc4[nH]3)C2)n[nH]1. The van der Waals surface area contributed by atoms with Gasteiger partial charge < -0.3 is 15.2 Å². The van der Waals surface area contributed by atoms with Crippen LogP contribution in [0.3, 0.4) is 0 Å². The average Bonchev–Trinajstić information content (AvgIpc) is 3.38. The van der Waals surface area contributed by atoms with E-state index < -0.39 is 0 Å². The van der Waals surface area contributed by atoms with Gasteiger partial charge in [-0.05, 0) is 49.3 Å². The number of nitrogens with one attached hydrogen (secondary N) is 3. The topological polar surface area (TPSA) is 93.9 Å². The molecule has 1 aromatic carbocycles. The van der Waals surface area contributed by atoms with Crippen molar-refractivity contribution >= 4 is 22.7 Å². The Hall–Kier alpha value is -3.09. The van der Waals surface area contributed by atoms with Crippen LogP contribution in [0.1, 0.15) is 53.4 Å². The summed E-state index contributed by atoms with van der Waals surface area (Å²) in [6, 6.07) is 11.6. The normalized spacial score (nSPS) is 16.9. The Bertz CT molecular complexity index is 1000. The second-order valence-corrected chi connectivity index (χ2v) is 8.62. The summed E-state index contributed by atoms with van der Waals surface area (Å²) in [6.07, 6.45) is 2.81. The number of benzene rings is 1. The fraction of sp³-hybridized carbons (Fsp3) is 0.435. The summed E-state index contributed by atoms with van der Waals surface area (Å²) in [6.45, 7) is 6.20. The molecular weight excluding hydrogens is 378 g/mol. The molecular formula is C23H29N5O2. The van der Waals surface area contributed by atoms with E-state index in [1.165, 1.54) is 0 Å². The van der Waals surface area contributed by atoms with E-state index in [4.69, 9.17) is 0 Å². The van der Waals surface area contributed by atoms with Gasteiger partial charge in [0.2, 0.25) is 0 Å². The molecule has 0 saturated carbocycles. The minimum atomic E-state index is -0.111. The maximum Gasteiger partial charge on any atom is 0.274 e. The summed E-state index contributed by atoms with van der Waals surface area (Å²) in [5.74, 6) is 0.604. The van der Waals surface area contributed by atoms with Crippen LogP contribution >= 0.6 is 0 Å². The molecule has 0 spiro atoms. The number of H-pyrrole nitrogens is 2. The number of hydrogen-bond acceptors (Lipinski definition) is 3. The number of carbonyl (C=O) groups is 2. The summed E-state index contributed by atoms with van der Waals surface area (Å²) in [4.78, 5) is 30.4. The first-order valence-corrected chi connectivity index (χ1v) is 10.7. The Morgan fingerprint density at radius 1 is 1.27 bits per heavy atom. The van der Waals surface area contributed by atoms with E-state index in [1.807, 2.05) is 41.3 Å². The lowest BCUT2D eigenvalue weighted by Crippen LogP contribution is -2.43. The van der Waals surface area contributed by atoms with Crippen molar-refractivity contribution in [1.29, 1.82) is 0 Å². The Balaban J connectivity index is 1.32. The molecule has 3 heterocycles. The number of fused-ring (bicyclic) bond motifs is 1. The fourth-order valence-electron chi connectivity index (χ4n) is 4.12. The van der Waals surface area contributed by atoms with E-state index in [1.54, 1.807) is 0 Å².